The summed E-state index contributed by atoms with van der Waals surface area (Å²) >= 11 is 0. The van der Waals surface area contributed by atoms with E-state index in [0.717, 1.165) is 24.6 Å². The molecular formula is C21H30N6. The molecule has 0 bridgehead atoms. The molecular weight excluding hydrogens is 336 g/mol. The summed E-state index contributed by atoms with van der Waals surface area (Å²) in [7, 11) is 0. The molecule has 144 valence electrons. The van der Waals surface area contributed by atoms with E-state index >= 15 is 0 Å². The van der Waals surface area contributed by atoms with Gasteiger partial charge in [-0.2, -0.15) is 10.1 Å². The first-order valence-electron chi connectivity index (χ1n) is 10.5. The first-order chi connectivity index (χ1) is 13.4. The van der Waals surface area contributed by atoms with Gasteiger partial charge in [0.15, 0.2) is 5.82 Å². The van der Waals surface area contributed by atoms with Gasteiger partial charge in [0.25, 0.3) is 0 Å². The Bertz CT molecular complexity index is 703. The standard InChI is InChI=1S/C21H30N6/c1-2-5-9-17(8-4-1)23-20-16-22-26-21(25-20)24-18-10-12-19(13-11-18)27-14-6-3-7-15-27/h10-13,16-17H,1-9,14-15H2,(H2,23,24,25,26). The van der Waals surface area contributed by atoms with Crippen LogP contribution in [0, 0.1) is 0 Å². The minimum atomic E-state index is 0.501. The second kappa shape index (κ2) is 9.02. The predicted octanol–water partition coefficient (Wildman–Crippen LogP) is 4.74. The van der Waals surface area contributed by atoms with Crippen molar-refractivity contribution in [2.24, 2.45) is 0 Å². The smallest absolute Gasteiger partial charge is 0.249 e. The summed E-state index contributed by atoms with van der Waals surface area (Å²) in [4.78, 5) is 7.06. The Balaban J connectivity index is 1.37. The molecule has 2 heterocycles. The van der Waals surface area contributed by atoms with E-state index in [0.29, 0.717) is 12.0 Å². The summed E-state index contributed by atoms with van der Waals surface area (Å²) in [5.41, 5.74) is 2.28. The highest BCUT2D eigenvalue weighted by atomic mass is 15.3. The van der Waals surface area contributed by atoms with Crippen molar-refractivity contribution >= 4 is 23.1 Å². The van der Waals surface area contributed by atoms with E-state index in [2.05, 4.69) is 55.0 Å². The zero-order valence-corrected chi connectivity index (χ0v) is 16.0. The lowest BCUT2D eigenvalue weighted by atomic mass is 10.1. The Morgan fingerprint density at radius 3 is 2.30 bits per heavy atom. The quantitative estimate of drug-likeness (QED) is 0.745. The molecule has 2 aliphatic rings. The SMILES string of the molecule is c1cc(N2CCCCC2)ccc1Nc1nncc(NC2CCCCCC2)n1. The number of hydrogen-bond donors (Lipinski definition) is 2. The minimum Gasteiger partial charge on any atom is -0.372 e. The van der Waals surface area contributed by atoms with Crippen molar-refractivity contribution in [1.82, 2.24) is 15.2 Å². The highest BCUT2D eigenvalue weighted by Gasteiger charge is 2.13. The Morgan fingerprint density at radius 2 is 1.56 bits per heavy atom. The van der Waals surface area contributed by atoms with Gasteiger partial charge in [0.2, 0.25) is 5.95 Å². The number of rotatable bonds is 5. The lowest BCUT2D eigenvalue weighted by Gasteiger charge is -2.28. The van der Waals surface area contributed by atoms with Gasteiger partial charge < -0.3 is 15.5 Å². The monoisotopic (exact) mass is 366 g/mol. The molecule has 1 saturated heterocycles. The molecule has 1 aromatic heterocycles. The minimum absolute atomic E-state index is 0.501. The molecule has 1 aliphatic heterocycles. The van der Waals surface area contributed by atoms with Crippen LogP contribution in [-0.2, 0) is 0 Å². The summed E-state index contributed by atoms with van der Waals surface area (Å²) in [6, 6.07) is 9.04. The molecule has 27 heavy (non-hydrogen) atoms. The average molecular weight is 367 g/mol. The summed E-state index contributed by atoms with van der Waals surface area (Å²) in [5.74, 6) is 1.35. The van der Waals surface area contributed by atoms with Crippen LogP contribution in [-0.4, -0.2) is 34.3 Å². The molecule has 0 unspecified atom stereocenters. The topological polar surface area (TPSA) is 66.0 Å². The lowest BCUT2D eigenvalue weighted by Crippen LogP contribution is -2.29. The van der Waals surface area contributed by atoms with E-state index in [1.807, 2.05) is 0 Å². The van der Waals surface area contributed by atoms with Crippen LogP contribution >= 0.6 is 0 Å². The van der Waals surface area contributed by atoms with Gasteiger partial charge in [-0.15, -0.1) is 5.10 Å². The number of hydrogen-bond acceptors (Lipinski definition) is 6. The van der Waals surface area contributed by atoms with Crippen LogP contribution in [0.5, 0.6) is 0 Å². The number of benzene rings is 1. The van der Waals surface area contributed by atoms with Crippen molar-refractivity contribution < 1.29 is 0 Å². The van der Waals surface area contributed by atoms with Crippen molar-refractivity contribution in [3.05, 3.63) is 30.5 Å². The lowest BCUT2D eigenvalue weighted by molar-refractivity contribution is 0.578. The van der Waals surface area contributed by atoms with Crippen molar-refractivity contribution in [3.8, 4) is 0 Å². The molecule has 2 fully saturated rings. The van der Waals surface area contributed by atoms with Gasteiger partial charge in [-0.3, -0.25) is 0 Å². The Labute approximate surface area is 161 Å². The molecule has 6 nitrogen and oxygen atoms in total. The third-order valence-electron chi connectivity index (χ3n) is 5.61. The highest BCUT2D eigenvalue weighted by molar-refractivity contribution is 5.59. The van der Waals surface area contributed by atoms with E-state index in [4.69, 9.17) is 0 Å². The molecule has 4 rings (SSSR count). The Kier molecular flexibility index (Phi) is 6.02. The molecule has 0 radical (unpaired) electrons. The van der Waals surface area contributed by atoms with E-state index in [9.17, 15) is 0 Å². The van der Waals surface area contributed by atoms with Crippen LogP contribution in [0.15, 0.2) is 30.5 Å². The zero-order chi connectivity index (χ0) is 18.3. The van der Waals surface area contributed by atoms with Gasteiger partial charge >= 0.3 is 0 Å². The van der Waals surface area contributed by atoms with Crippen molar-refractivity contribution in [2.45, 2.75) is 63.8 Å². The zero-order valence-electron chi connectivity index (χ0n) is 16.0. The fourth-order valence-corrected chi connectivity index (χ4v) is 4.10. The summed E-state index contributed by atoms with van der Waals surface area (Å²) < 4.78 is 0. The van der Waals surface area contributed by atoms with Crippen LogP contribution in [0.1, 0.15) is 57.8 Å². The summed E-state index contributed by atoms with van der Waals surface area (Å²) in [5, 5.41) is 15.1. The van der Waals surface area contributed by atoms with E-state index < -0.39 is 0 Å². The second-order valence-corrected chi connectivity index (χ2v) is 7.72. The Morgan fingerprint density at radius 1 is 0.852 bits per heavy atom. The van der Waals surface area contributed by atoms with E-state index in [1.165, 1.54) is 63.5 Å². The van der Waals surface area contributed by atoms with E-state index in [1.54, 1.807) is 6.20 Å². The van der Waals surface area contributed by atoms with Crippen LogP contribution in [0.3, 0.4) is 0 Å². The number of nitrogens with one attached hydrogen (secondary N) is 2. The van der Waals surface area contributed by atoms with Crippen molar-refractivity contribution in [2.75, 3.05) is 28.6 Å². The van der Waals surface area contributed by atoms with Gasteiger partial charge in [0.05, 0.1) is 6.20 Å². The molecule has 6 heteroatoms. The second-order valence-electron chi connectivity index (χ2n) is 7.72. The summed E-state index contributed by atoms with van der Waals surface area (Å²) in [6.45, 7) is 2.32. The molecule has 2 aromatic rings. The maximum absolute atomic E-state index is 4.60. The van der Waals surface area contributed by atoms with Crippen LogP contribution in [0.4, 0.5) is 23.1 Å². The third-order valence-corrected chi connectivity index (χ3v) is 5.61. The number of anilines is 4. The molecule has 0 spiro atoms. The first kappa shape index (κ1) is 18.0. The van der Waals surface area contributed by atoms with Crippen LogP contribution in [0.25, 0.3) is 0 Å². The third kappa shape index (κ3) is 5.08. The number of piperidine rings is 1. The van der Waals surface area contributed by atoms with Gasteiger partial charge in [0.1, 0.15) is 0 Å². The normalized spacial score (nSPS) is 18.7. The number of nitrogens with zero attached hydrogens (tertiary/aromatic N) is 4. The van der Waals surface area contributed by atoms with Gasteiger partial charge in [0, 0.05) is 30.5 Å². The first-order valence-corrected chi connectivity index (χ1v) is 10.5. The Hall–Kier alpha value is -2.37. The molecule has 1 aliphatic carbocycles. The largest absolute Gasteiger partial charge is 0.372 e. The molecule has 0 atom stereocenters. The van der Waals surface area contributed by atoms with Gasteiger partial charge in [-0.1, -0.05) is 25.7 Å². The molecule has 0 amide bonds. The van der Waals surface area contributed by atoms with Gasteiger partial charge in [-0.05, 0) is 56.4 Å². The average Bonchev–Trinajstić information content (AvgIpc) is 2.98. The molecule has 1 aromatic carbocycles. The van der Waals surface area contributed by atoms with E-state index in [-0.39, 0.29) is 0 Å². The summed E-state index contributed by atoms with van der Waals surface area (Å²) in [6.07, 6.45) is 13.4. The highest BCUT2D eigenvalue weighted by Crippen LogP contribution is 2.24. The van der Waals surface area contributed by atoms with Crippen LogP contribution in [0.2, 0.25) is 0 Å². The maximum atomic E-state index is 4.60. The fourth-order valence-electron chi connectivity index (χ4n) is 4.10. The van der Waals surface area contributed by atoms with Crippen LogP contribution < -0.4 is 15.5 Å². The number of aromatic nitrogens is 3. The maximum Gasteiger partial charge on any atom is 0.249 e. The predicted molar refractivity (Wildman–Crippen MR) is 111 cm³/mol. The van der Waals surface area contributed by atoms with Gasteiger partial charge in [-0.25, -0.2) is 0 Å². The molecule has 1 saturated carbocycles. The molecule has 2 N–H and O–H groups in total. The van der Waals surface area contributed by atoms with Crippen molar-refractivity contribution in [1.29, 1.82) is 0 Å². The fraction of sp³-hybridized carbons (Fsp3) is 0.571. The van der Waals surface area contributed by atoms with Crippen molar-refractivity contribution in [3.63, 3.8) is 0 Å².